The number of nitrogens with zero attached hydrogens (tertiary/aromatic N) is 4. The van der Waals surface area contributed by atoms with E-state index in [4.69, 9.17) is 0 Å². The van der Waals surface area contributed by atoms with Crippen molar-refractivity contribution in [3.8, 4) is 0 Å². The molecule has 2 heterocycles. The van der Waals surface area contributed by atoms with Crippen LogP contribution >= 0.6 is 11.3 Å². The molecule has 1 aliphatic rings. The minimum Gasteiger partial charge on any atom is -0.337 e. The molecular weight excluding hydrogens is 419 g/mol. The molecule has 2 unspecified atom stereocenters. The van der Waals surface area contributed by atoms with E-state index in [9.17, 15) is 18.8 Å². The number of likely N-dealkylation sites (N-methyl/N-ethyl adjacent to an activating group) is 1. The van der Waals surface area contributed by atoms with Crippen molar-refractivity contribution in [1.29, 1.82) is 0 Å². The maximum atomic E-state index is 14.1. The first-order chi connectivity index (χ1) is 14.7. The van der Waals surface area contributed by atoms with E-state index in [0.29, 0.717) is 12.1 Å². The highest BCUT2D eigenvalue weighted by molar-refractivity contribution is 7.09. The minimum absolute atomic E-state index is 0.159. The first-order valence-corrected chi connectivity index (χ1v) is 10.9. The third-order valence-corrected chi connectivity index (χ3v) is 6.74. The molecule has 166 valence electrons. The molecule has 7 nitrogen and oxygen atoms in total. The number of carbonyl (C=O) groups is 3. The van der Waals surface area contributed by atoms with Crippen LogP contribution in [0.1, 0.15) is 36.4 Å². The highest BCUT2D eigenvalue weighted by Gasteiger charge is 2.54. The molecule has 31 heavy (non-hydrogen) atoms. The summed E-state index contributed by atoms with van der Waals surface area (Å²) in [5.41, 5.74) is -1.07. The van der Waals surface area contributed by atoms with Crippen molar-refractivity contribution < 1.29 is 18.8 Å². The van der Waals surface area contributed by atoms with Gasteiger partial charge in [-0.1, -0.05) is 12.1 Å². The summed E-state index contributed by atoms with van der Waals surface area (Å²) in [4.78, 5) is 48.4. The normalized spacial score (nSPS) is 19.9. The van der Waals surface area contributed by atoms with Crippen LogP contribution in [0.15, 0.2) is 35.8 Å². The number of benzene rings is 1. The van der Waals surface area contributed by atoms with Gasteiger partial charge in [-0.25, -0.2) is 9.37 Å². The van der Waals surface area contributed by atoms with Crippen LogP contribution in [0.2, 0.25) is 0 Å². The van der Waals surface area contributed by atoms with Crippen molar-refractivity contribution in [3.63, 3.8) is 0 Å². The summed E-state index contributed by atoms with van der Waals surface area (Å²) >= 11 is 1.44. The number of halogens is 1. The molecule has 1 aromatic carbocycles. The fourth-order valence-corrected chi connectivity index (χ4v) is 4.52. The van der Waals surface area contributed by atoms with Gasteiger partial charge < -0.3 is 9.80 Å². The van der Waals surface area contributed by atoms with Crippen LogP contribution in [-0.4, -0.2) is 71.6 Å². The van der Waals surface area contributed by atoms with Gasteiger partial charge in [-0.15, -0.1) is 11.3 Å². The van der Waals surface area contributed by atoms with Crippen LogP contribution in [0.4, 0.5) is 4.39 Å². The van der Waals surface area contributed by atoms with Gasteiger partial charge in [0.2, 0.25) is 17.7 Å². The number of hydrogen-bond donors (Lipinski definition) is 0. The summed E-state index contributed by atoms with van der Waals surface area (Å²) in [6.07, 6.45) is 1.30. The zero-order valence-corrected chi connectivity index (χ0v) is 19.0. The van der Waals surface area contributed by atoms with E-state index in [0.717, 1.165) is 5.01 Å². The van der Waals surface area contributed by atoms with Gasteiger partial charge in [0.05, 0.1) is 11.5 Å². The van der Waals surface area contributed by atoms with Gasteiger partial charge >= 0.3 is 0 Å². The maximum absolute atomic E-state index is 14.1. The molecule has 9 heteroatoms. The molecule has 0 radical (unpaired) electrons. The zero-order chi connectivity index (χ0) is 22.8. The maximum Gasteiger partial charge on any atom is 0.240 e. The summed E-state index contributed by atoms with van der Waals surface area (Å²) in [6, 6.07) is 5.35. The molecule has 0 spiro atoms. The molecule has 1 fully saturated rings. The number of imide groups is 1. The number of hydrogen-bond acceptors (Lipinski definition) is 6. The monoisotopic (exact) mass is 446 g/mol. The van der Waals surface area contributed by atoms with Crippen molar-refractivity contribution in [2.45, 2.75) is 31.2 Å². The number of aromatic nitrogens is 1. The summed E-state index contributed by atoms with van der Waals surface area (Å²) in [5, 5.41) is 2.61. The number of amides is 3. The third-order valence-electron chi connectivity index (χ3n) is 5.79. The average molecular weight is 447 g/mol. The predicted octanol–water partition coefficient (Wildman–Crippen LogP) is 2.45. The van der Waals surface area contributed by atoms with Gasteiger partial charge in [-0.3, -0.25) is 19.3 Å². The van der Waals surface area contributed by atoms with Crippen LogP contribution in [-0.2, 0) is 19.8 Å². The lowest BCUT2D eigenvalue weighted by molar-refractivity contribution is -0.143. The Morgan fingerprint density at radius 2 is 2.06 bits per heavy atom. The predicted molar refractivity (Wildman–Crippen MR) is 116 cm³/mol. The first kappa shape index (κ1) is 23.0. The van der Waals surface area contributed by atoms with Crippen LogP contribution in [0.25, 0.3) is 0 Å². The molecule has 3 amide bonds. The SMILES string of the molecule is CC(c1nccs1)N(C)C(=O)CC1(c2cccc(F)c2)CC(=O)N(CCN(C)C)C1=O. The van der Waals surface area contributed by atoms with Gasteiger partial charge in [-0.05, 0) is 38.7 Å². The van der Waals surface area contributed by atoms with Crippen LogP contribution in [0.3, 0.4) is 0 Å². The molecule has 2 aromatic rings. The van der Waals surface area contributed by atoms with Crippen LogP contribution in [0.5, 0.6) is 0 Å². The fourth-order valence-electron chi connectivity index (χ4n) is 3.78. The topological polar surface area (TPSA) is 73.8 Å². The second-order valence-electron chi connectivity index (χ2n) is 8.15. The Balaban J connectivity index is 1.93. The van der Waals surface area contributed by atoms with Crippen molar-refractivity contribution in [1.82, 2.24) is 19.7 Å². The van der Waals surface area contributed by atoms with Crippen molar-refractivity contribution >= 4 is 29.1 Å². The molecule has 0 saturated carbocycles. The summed E-state index contributed by atoms with van der Waals surface area (Å²) in [6.45, 7) is 2.59. The molecule has 3 rings (SSSR count). The summed E-state index contributed by atoms with van der Waals surface area (Å²) in [7, 11) is 5.35. The molecule has 1 aliphatic heterocycles. The Labute approximate surface area is 185 Å². The Morgan fingerprint density at radius 1 is 1.32 bits per heavy atom. The van der Waals surface area contributed by atoms with Gasteiger partial charge in [0.15, 0.2) is 0 Å². The van der Waals surface area contributed by atoms with E-state index in [-0.39, 0.29) is 37.2 Å². The highest BCUT2D eigenvalue weighted by Crippen LogP contribution is 2.41. The minimum atomic E-state index is -1.42. The van der Waals surface area contributed by atoms with Crippen LogP contribution in [0, 0.1) is 5.82 Å². The molecule has 0 N–H and O–H groups in total. The summed E-state index contributed by atoms with van der Waals surface area (Å²) in [5.74, 6) is -1.61. The second kappa shape index (κ2) is 9.23. The van der Waals surface area contributed by atoms with Gasteiger partial charge in [0.25, 0.3) is 0 Å². The average Bonchev–Trinajstić information content (AvgIpc) is 3.33. The standard InChI is InChI=1S/C22H27FN4O3S/c1-15(20-24-8-11-31-20)26(4)18(28)13-22(16-6-5-7-17(23)12-16)14-19(29)27(21(22)30)10-9-25(2)3/h5-8,11-12,15H,9-10,13-14H2,1-4H3. The lowest BCUT2D eigenvalue weighted by Crippen LogP contribution is -2.44. The van der Waals surface area contributed by atoms with Crippen LogP contribution < -0.4 is 0 Å². The number of likely N-dealkylation sites (tertiary alicyclic amines) is 1. The molecule has 1 aromatic heterocycles. The Bertz CT molecular complexity index is 965. The van der Waals surface area contributed by atoms with Gasteiger partial charge in [-0.2, -0.15) is 0 Å². The molecule has 2 atom stereocenters. The number of rotatable bonds is 8. The Morgan fingerprint density at radius 3 is 2.68 bits per heavy atom. The fraction of sp³-hybridized carbons (Fsp3) is 0.455. The van der Waals surface area contributed by atoms with E-state index in [2.05, 4.69) is 4.98 Å². The third kappa shape index (κ3) is 4.67. The highest BCUT2D eigenvalue weighted by atomic mass is 32.1. The van der Waals surface area contributed by atoms with E-state index >= 15 is 0 Å². The van der Waals surface area contributed by atoms with E-state index in [1.807, 2.05) is 31.3 Å². The molecular formula is C22H27FN4O3S. The summed E-state index contributed by atoms with van der Waals surface area (Å²) < 4.78 is 14.1. The van der Waals surface area contributed by atoms with Crippen molar-refractivity contribution in [2.24, 2.45) is 0 Å². The van der Waals surface area contributed by atoms with E-state index in [1.165, 1.54) is 39.3 Å². The van der Waals surface area contributed by atoms with Crippen molar-refractivity contribution in [2.75, 3.05) is 34.2 Å². The Hall–Kier alpha value is -2.65. The zero-order valence-electron chi connectivity index (χ0n) is 18.2. The molecule has 0 bridgehead atoms. The quantitative estimate of drug-likeness (QED) is 0.583. The molecule has 0 aliphatic carbocycles. The largest absolute Gasteiger partial charge is 0.337 e. The lowest BCUT2D eigenvalue weighted by atomic mass is 9.75. The van der Waals surface area contributed by atoms with Gasteiger partial charge in [0, 0.05) is 44.6 Å². The van der Waals surface area contributed by atoms with E-state index in [1.54, 1.807) is 19.3 Å². The number of thiazole rings is 1. The lowest BCUT2D eigenvalue weighted by Gasteiger charge is -2.31. The molecule has 1 saturated heterocycles. The van der Waals surface area contributed by atoms with Gasteiger partial charge in [0.1, 0.15) is 10.8 Å². The first-order valence-electron chi connectivity index (χ1n) is 10.1. The van der Waals surface area contributed by atoms with Crippen molar-refractivity contribution in [3.05, 3.63) is 52.2 Å². The van der Waals surface area contributed by atoms with E-state index < -0.39 is 17.1 Å². The smallest absolute Gasteiger partial charge is 0.240 e. The number of carbonyl (C=O) groups excluding carboxylic acids is 3. The second-order valence-corrected chi connectivity index (χ2v) is 9.08. The Kier molecular flexibility index (Phi) is 6.86.